The fourth-order valence-corrected chi connectivity index (χ4v) is 14.9. The topological polar surface area (TPSA) is 228 Å². The summed E-state index contributed by atoms with van der Waals surface area (Å²) < 4.78 is 31.9. The minimum Gasteiger partial charge on any atom is -0.394 e. The van der Waals surface area contributed by atoms with Crippen LogP contribution in [0.2, 0.25) is 0 Å². The van der Waals surface area contributed by atoms with Crippen LogP contribution in [-0.2, 0) is 23.7 Å². The first-order valence-electron chi connectivity index (χ1n) is 20.9. The van der Waals surface area contributed by atoms with Gasteiger partial charge in [-0.3, -0.25) is 0 Å². The van der Waals surface area contributed by atoms with Crippen LogP contribution in [0.1, 0.15) is 106 Å². The van der Waals surface area contributed by atoms with Gasteiger partial charge < -0.3 is 69.6 Å². The van der Waals surface area contributed by atoms with Crippen molar-refractivity contribution in [2.45, 2.75) is 197 Å². The maximum absolute atomic E-state index is 12.2. The minimum atomic E-state index is -1.60. The Balaban J connectivity index is 1.15. The highest BCUT2D eigenvalue weighted by Gasteiger charge is 2.85. The molecule has 9 N–H and O–H groups in total. The Labute approximate surface area is 324 Å². The molecule has 5 aliphatic carbocycles. The molecule has 55 heavy (non-hydrogen) atoms. The predicted molar refractivity (Wildman–Crippen MR) is 194 cm³/mol. The van der Waals surface area contributed by atoms with Crippen molar-refractivity contribution < 1.29 is 69.6 Å². The summed E-state index contributed by atoms with van der Waals surface area (Å²) in [6.45, 7) is 13.8. The van der Waals surface area contributed by atoms with Gasteiger partial charge in [-0.2, -0.15) is 0 Å². The summed E-state index contributed by atoms with van der Waals surface area (Å²) in [4.78, 5) is 0. The predicted octanol–water partition coefficient (Wildman–Crippen LogP) is 0.724. The second-order valence-electron chi connectivity index (χ2n) is 21.1. The van der Waals surface area contributed by atoms with E-state index in [1.165, 1.54) is 0 Å². The lowest BCUT2D eigenvalue weighted by molar-refractivity contribution is -0.339. The quantitative estimate of drug-likeness (QED) is 0.162. The van der Waals surface area contributed by atoms with E-state index in [9.17, 15) is 46.0 Å². The number of fused-ring (bicyclic) bond motifs is 2. The van der Waals surface area contributed by atoms with E-state index in [2.05, 4.69) is 34.6 Å². The van der Waals surface area contributed by atoms with Crippen LogP contribution in [0.3, 0.4) is 0 Å². The molecule has 0 radical (unpaired) electrons. The summed E-state index contributed by atoms with van der Waals surface area (Å²) in [6.07, 6.45) is -7.48. The summed E-state index contributed by atoms with van der Waals surface area (Å²) in [5.74, 6) is -0.215. The molecule has 0 bridgehead atoms. The smallest absolute Gasteiger partial charge is 0.186 e. The highest BCUT2D eigenvalue weighted by Crippen LogP contribution is 2.89. The van der Waals surface area contributed by atoms with Crippen LogP contribution >= 0.6 is 0 Å². The maximum atomic E-state index is 12.2. The fraction of sp³-hybridized carbons (Fsp3) is 1.00. The van der Waals surface area contributed by atoms with Crippen LogP contribution in [0.15, 0.2) is 0 Å². The molecule has 0 aromatic heterocycles. The van der Waals surface area contributed by atoms with Crippen molar-refractivity contribution in [1.82, 2.24) is 0 Å². The van der Waals surface area contributed by atoms with Crippen molar-refractivity contribution >= 4 is 0 Å². The number of hydrogen-bond acceptors (Lipinski definition) is 14. The number of aliphatic hydroxyl groups excluding tert-OH is 8. The van der Waals surface area contributed by atoms with E-state index in [0.29, 0.717) is 25.7 Å². The van der Waals surface area contributed by atoms with Gasteiger partial charge >= 0.3 is 0 Å². The summed E-state index contributed by atoms with van der Waals surface area (Å²) in [6, 6.07) is 0. The lowest BCUT2D eigenvalue weighted by Gasteiger charge is -2.65. The third-order valence-corrected chi connectivity index (χ3v) is 17.6. The first-order valence-corrected chi connectivity index (χ1v) is 20.9. The van der Waals surface area contributed by atoms with Crippen molar-refractivity contribution in [3.05, 3.63) is 0 Å². The van der Waals surface area contributed by atoms with E-state index in [1.807, 2.05) is 0 Å². The number of aliphatic hydroxyl groups is 9. The largest absolute Gasteiger partial charge is 0.394 e. The Kier molecular flexibility index (Phi) is 9.90. The Morgan fingerprint density at radius 3 is 2.05 bits per heavy atom. The molecule has 8 aliphatic rings. The highest BCUT2D eigenvalue weighted by atomic mass is 16.7. The minimum absolute atomic E-state index is 0.0633. The van der Waals surface area contributed by atoms with Gasteiger partial charge in [-0.1, -0.05) is 27.7 Å². The van der Waals surface area contributed by atoms with Gasteiger partial charge in [0.2, 0.25) is 0 Å². The average molecular weight is 785 g/mol. The van der Waals surface area contributed by atoms with Crippen molar-refractivity contribution in [2.75, 3.05) is 13.2 Å². The zero-order valence-corrected chi connectivity index (χ0v) is 33.6. The Bertz CT molecular complexity index is 1460. The molecule has 8 fully saturated rings. The van der Waals surface area contributed by atoms with Crippen molar-refractivity contribution in [2.24, 2.45) is 44.8 Å². The second-order valence-corrected chi connectivity index (χ2v) is 21.1. The third-order valence-electron chi connectivity index (χ3n) is 17.6. The zero-order chi connectivity index (χ0) is 40.1. The molecular formula is C41H68O14. The van der Waals surface area contributed by atoms with Gasteiger partial charge in [0, 0.05) is 5.92 Å². The van der Waals surface area contributed by atoms with E-state index < -0.39 is 96.8 Å². The molecule has 2 spiro atoms. The van der Waals surface area contributed by atoms with E-state index in [1.54, 1.807) is 13.8 Å². The molecule has 21 atom stereocenters. The lowest BCUT2D eigenvalue weighted by Crippen LogP contribution is -2.65. The first kappa shape index (κ1) is 41.2. The maximum Gasteiger partial charge on any atom is 0.186 e. The summed E-state index contributed by atoms with van der Waals surface area (Å²) in [5.41, 5.74) is -3.16. The Morgan fingerprint density at radius 2 is 1.40 bits per heavy atom. The first-order chi connectivity index (χ1) is 25.5. The second kappa shape index (κ2) is 13.2. The molecule has 8 rings (SSSR count). The van der Waals surface area contributed by atoms with E-state index >= 15 is 0 Å². The van der Waals surface area contributed by atoms with Crippen LogP contribution in [-0.4, -0.2) is 150 Å². The zero-order valence-electron chi connectivity index (χ0n) is 33.6. The number of ether oxygens (including phenoxy) is 5. The molecule has 316 valence electrons. The van der Waals surface area contributed by atoms with Gasteiger partial charge in [0.15, 0.2) is 12.6 Å². The molecule has 14 nitrogen and oxygen atoms in total. The van der Waals surface area contributed by atoms with Crippen LogP contribution in [0, 0.1) is 44.8 Å². The normalized spacial score (nSPS) is 58.7. The summed E-state index contributed by atoms with van der Waals surface area (Å²) in [7, 11) is 0. The SMILES string of the molecule is CC(C)(O)[C@@H]1CC[C@](C)([C@H]2[C@@H](O)C[C@@]3(C)[C@H]4C[C@H](O[C@@H]5O[C@H](CO)[C@@H](O)[C@H](O)[C@H]5O)[C@H]5C(C)(C)[C@@H](O[C@@H]6OC[C@@H](O)[C@H](O)[C@H]6O)CC[C@@]56C[C@@]46CC[C@]23C)O1. The molecule has 3 aliphatic heterocycles. The van der Waals surface area contributed by atoms with Gasteiger partial charge in [0.05, 0.1) is 48.8 Å². The molecule has 5 saturated carbocycles. The molecule has 0 aromatic rings. The van der Waals surface area contributed by atoms with Gasteiger partial charge in [-0.25, -0.2) is 0 Å². The Hall–Kier alpha value is -0.560. The van der Waals surface area contributed by atoms with E-state index in [-0.39, 0.29) is 52.1 Å². The number of hydrogen-bond donors (Lipinski definition) is 9. The standard InChI is InChI=1S/C41H68O14/c1-35(2)24(54-33-29(48)26(45)20(44)17-51-33)9-11-41-18-40(41)13-12-37(5)31(39(7)10-8-25(55-39)36(3,4)50)19(43)15-38(37,6)23(40)14-21(32(35)41)52-34-30(49)28(47)27(46)22(16-42)53-34/h19-34,42-50H,8-18H2,1-7H3/t19-,20+,21-,22+,23+,24-,25-,26-,27+,28-,29+,30+,31-,32-,33-,34+,37+,38-,39+,40-,41+/m0/s1. The van der Waals surface area contributed by atoms with Crippen LogP contribution in [0.4, 0.5) is 0 Å². The van der Waals surface area contributed by atoms with Crippen LogP contribution < -0.4 is 0 Å². The Morgan fingerprint density at radius 1 is 0.709 bits per heavy atom. The molecule has 3 saturated heterocycles. The van der Waals surface area contributed by atoms with Crippen molar-refractivity contribution in [3.63, 3.8) is 0 Å². The monoisotopic (exact) mass is 784 g/mol. The molecular weight excluding hydrogens is 716 g/mol. The average Bonchev–Trinajstić information content (AvgIpc) is 3.47. The van der Waals surface area contributed by atoms with Gasteiger partial charge in [0.1, 0.15) is 42.7 Å². The van der Waals surface area contributed by atoms with Gasteiger partial charge in [-0.15, -0.1) is 0 Å². The number of rotatable bonds is 7. The third kappa shape index (κ3) is 5.70. The lowest BCUT2D eigenvalue weighted by atomic mass is 9.41. The summed E-state index contributed by atoms with van der Waals surface area (Å²) >= 11 is 0. The summed E-state index contributed by atoms with van der Waals surface area (Å²) in [5, 5.41) is 97.2. The molecule has 14 heteroatoms. The molecule has 0 unspecified atom stereocenters. The molecule has 0 aromatic carbocycles. The molecule has 0 amide bonds. The van der Waals surface area contributed by atoms with Crippen molar-refractivity contribution in [1.29, 1.82) is 0 Å². The van der Waals surface area contributed by atoms with Crippen molar-refractivity contribution in [3.8, 4) is 0 Å². The molecule has 3 heterocycles. The van der Waals surface area contributed by atoms with Crippen LogP contribution in [0.5, 0.6) is 0 Å². The van der Waals surface area contributed by atoms with Crippen LogP contribution in [0.25, 0.3) is 0 Å². The fourth-order valence-electron chi connectivity index (χ4n) is 14.9. The highest BCUT2D eigenvalue weighted by molar-refractivity contribution is 5.33. The van der Waals surface area contributed by atoms with Gasteiger partial charge in [0.25, 0.3) is 0 Å². The van der Waals surface area contributed by atoms with E-state index in [4.69, 9.17) is 23.7 Å². The van der Waals surface area contributed by atoms with E-state index in [0.717, 1.165) is 32.1 Å². The van der Waals surface area contributed by atoms with Gasteiger partial charge in [-0.05, 0) is 117 Å².